The van der Waals surface area contributed by atoms with E-state index in [0.29, 0.717) is 6.42 Å². The average molecular weight is 256 g/mol. The van der Waals surface area contributed by atoms with E-state index in [4.69, 9.17) is 18.9 Å². The molecule has 5 heteroatoms. The number of rotatable bonds is 1. The number of hydrogen-bond acceptors (Lipinski definition) is 5. The molecule has 0 aromatic rings. The molecule has 0 aromatic heterocycles. The van der Waals surface area contributed by atoms with Gasteiger partial charge in [-0.1, -0.05) is 0 Å². The maximum atomic E-state index is 11.2. The summed E-state index contributed by atoms with van der Waals surface area (Å²) >= 11 is 0. The van der Waals surface area contributed by atoms with Crippen LogP contribution in [0.25, 0.3) is 0 Å². The lowest BCUT2D eigenvalue weighted by atomic mass is 9.82. The summed E-state index contributed by atoms with van der Waals surface area (Å²) in [4.78, 5) is 11.2. The topological polar surface area (TPSA) is 54.0 Å². The minimum absolute atomic E-state index is 0.0889. The first-order valence-electron chi connectivity index (χ1n) is 6.48. The second-order valence-electron chi connectivity index (χ2n) is 6.24. The molecular formula is C13H20O5. The average Bonchev–Trinajstić information content (AvgIpc) is 2.71. The Hall–Kier alpha value is -0.490. The van der Waals surface area contributed by atoms with Crippen molar-refractivity contribution in [2.75, 3.05) is 0 Å². The van der Waals surface area contributed by atoms with Crippen LogP contribution in [0, 0.1) is 5.92 Å². The van der Waals surface area contributed by atoms with Crippen molar-refractivity contribution in [2.24, 2.45) is 5.92 Å². The normalized spacial score (nSPS) is 48.6. The molecule has 1 aliphatic carbocycles. The second kappa shape index (κ2) is 3.76. The van der Waals surface area contributed by atoms with Gasteiger partial charge >= 0.3 is 0 Å². The van der Waals surface area contributed by atoms with Crippen LogP contribution in [0.3, 0.4) is 0 Å². The summed E-state index contributed by atoms with van der Waals surface area (Å²) in [6.07, 6.45) is 0.898. The van der Waals surface area contributed by atoms with Crippen LogP contribution in [0.4, 0.5) is 0 Å². The molecule has 0 aromatic carbocycles. The van der Waals surface area contributed by atoms with Crippen molar-refractivity contribution in [2.45, 2.75) is 70.1 Å². The molecule has 1 saturated carbocycles. The molecule has 0 spiro atoms. The largest absolute Gasteiger partial charge is 0.344 e. The zero-order chi connectivity index (χ0) is 13.1. The van der Waals surface area contributed by atoms with Gasteiger partial charge in [0.15, 0.2) is 11.6 Å². The highest BCUT2D eigenvalue weighted by atomic mass is 16.8. The molecule has 2 saturated heterocycles. The van der Waals surface area contributed by atoms with Crippen LogP contribution >= 0.6 is 0 Å². The first-order valence-corrected chi connectivity index (χ1v) is 6.48. The zero-order valence-corrected chi connectivity index (χ0v) is 11.2. The molecule has 0 N–H and O–H groups in total. The van der Waals surface area contributed by atoms with Crippen LogP contribution in [0.1, 0.15) is 34.1 Å². The van der Waals surface area contributed by atoms with Crippen molar-refractivity contribution in [3.63, 3.8) is 0 Å². The lowest BCUT2D eigenvalue weighted by Gasteiger charge is -2.34. The molecule has 2 heterocycles. The van der Waals surface area contributed by atoms with Crippen molar-refractivity contribution in [3.05, 3.63) is 0 Å². The van der Waals surface area contributed by atoms with Gasteiger partial charge in [-0.05, 0) is 34.1 Å². The number of carbonyl (C=O) groups is 1. The van der Waals surface area contributed by atoms with Gasteiger partial charge in [-0.25, -0.2) is 0 Å². The molecule has 3 rings (SSSR count). The third kappa shape index (κ3) is 1.90. The third-order valence-electron chi connectivity index (χ3n) is 3.81. The third-order valence-corrected chi connectivity index (χ3v) is 3.81. The number of ether oxygens (including phenoxy) is 4. The summed E-state index contributed by atoms with van der Waals surface area (Å²) < 4.78 is 23.5. The van der Waals surface area contributed by atoms with Gasteiger partial charge in [-0.3, -0.25) is 0 Å². The SMILES string of the molecule is CC1(C)OC2C[C@@H](C=O)[C@H]3OC(C)(C)OC3[C@@H]2O1. The van der Waals surface area contributed by atoms with Gasteiger partial charge in [0.2, 0.25) is 0 Å². The predicted molar refractivity (Wildman–Crippen MR) is 61.8 cm³/mol. The van der Waals surface area contributed by atoms with Crippen LogP contribution in [-0.2, 0) is 23.7 Å². The molecule has 102 valence electrons. The minimum atomic E-state index is -0.665. The van der Waals surface area contributed by atoms with E-state index in [2.05, 4.69) is 0 Å². The molecule has 18 heavy (non-hydrogen) atoms. The summed E-state index contributed by atoms with van der Waals surface area (Å²) in [5, 5.41) is 0. The van der Waals surface area contributed by atoms with Crippen molar-refractivity contribution in [1.82, 2.24) is 0 Å². The van der Waals surface area contributed by atoms with E-state index in [1.165, 1.54) is 0 Å². The van der Waals surface area contributed by atoms with Crippen molar-refractivity contribution in [3.8, 4) is 0 Å². The summed E-state index contributed by atoms with van der Waals surface area (Å²) in [5.74, 6) is -1.47. The fourth-order valence-corrected chi connectivity index (χ4v) is 3.26. The zero-order valence-electron chi connectivity index (χ0n) is 11.2. The van der Waals surface area contributed by atoms with Gasteiger partial charge in [0.25, 0.3) is 0 Å². The van der Waals surface area contributed by atoms with E-state index in [-0.39, 0.29) is 30.3 Å². The van der Waals surface area contributed by atoms with Gasteiger partial charge in [0.05, 0.1) is 12.2 Å². The van der Waals surface area contributed by atoms with Crippen LogP contribution in [0.15, 0.2) is 0 Å². The number of hydrogen-bond donors (Lipinski definition) is 0. The Labute approximate surface area is 107 Å². The first kappa shape index (κ1) is 12.5. The van der Waals surface area contributed by atoms with Gasteiger partial charge in [-0.15, -0.1) is 0 Å². The Morgan fingerprint density at radius 1 is 0.889 bits per heavy atom. The predicted octanol–water partition coefficient (Wildman–Crippen LogP) is 1.25. The highest BCUT2D eigenvalue weighted by Gasteiger charge is 2.59. The quantitative estimate of drug-likeness (QED) is 0.661. The summed E-state index contributed by atoms with van der Waals surface area (Å²) in [6, 6.07) is 0. The van der Waals surface area contributed by atoms with Gasteiger partial charge in [0, 0.05) is 5.92 Å². The van der Waals surface area contributed by atoms with Crippen LogP contribution in [0.2, 0.25) is 0 Å². The fraction of sp³-hybridized carbons (Fsp3) is 0.923. The van der Waals surface area contributed by atoms with Crippen LogP contribution in [-0.4, -0.2) is 42.3 Å². The fourth-order valence-electron chi connectivity index (χ4n) is 3.26. The highest BCUT2D eigenvalue weighted by molar-refractivity contribution is 5.55. The minimum Gasteiger partial charge on any atom is -0.344 e. The van der Waals surface area contributed by atoms with Crippen LogP contribution in [0.5, 0.6) is 0 Å². The smallest absolute Gasteiger partial charge is 0.163 e. The number of fused-ring (bicyclic) bond motifs is 3. The van der Waals surface area contributed by atoms with E-state index in [1.54, 1.807) is 0 Å². The Bertz CT molecular complexity index is 364. The molecule has 2 unspecified atom stereocenters. The lowest BCUT2D eigenvalue weighted by Crippen LogP contribution is -2.51. The van der Waals surface area contributed by atoms with Crippen molar-refractivity contribution in [1.29, 1.82) is 0 Å². The summed E-state index contributed by atoms with van der Waals surface area (Å²) in [5.41, 5.74) is 0. The maximum Gasteiger partial charge on any atom is 0.163 e. The van der Waals surface area contributed by atoms with E-state index in [0.717, 1.165) is 6.29 Å². The summed E-state index contributed by atoms with van der Waals surface area (Å²) in [7, 11) is 0. The van der Waals surface area contributed by atoms with E-state index in [1.807, 2.05) is 27.7 Å². The molecule has 0 amide bonds. The Morgan fingerprint density at radius 3 is 2.11 bits per heavy atom. The van der Waals surface area contributed by atoms with Gasteiger partial charge in [-0.2, -0.15) is 0 Å². The molecular weight excluding hydrogens is 236 g/mol. The second-order valence-corrected chi connectivity index (χ2v) is 6.24. The lowest BCUT2D eigenvalue weighted by molar-refractivity contribution is -0.176. The maximum absolute atomic E-state index is 11.2. The molecule has 5 nitrogen and oxygen atoms in total. The van der Waals surface area contributed by atoms with Crippen molar-refractivity contribution >= 4 is 6.29 Å². The monoisotopic (exact) mass is 256 g/mol. The molecule has 5 atom stereocenters. The standard InChI is InChI=1S/C13H20O5/c1-12(2)15-8-5-7(6-14)9-11(10(8)17-12)18-13(3,4)16-9/h6-11H,5H2,1-4H3/t7-,8?,9+,10+,11?/m0/s1. The Kier molecular flexibility index (Phi) is 2.62. The Balaban J connectivity index is 1.89. The van der Waals surface area contributed by atoms with E-state index < -0.39 is 11.6 Å². The highest BCUT2D eigenvalue weighted by Crippen LogP contribution is 2.46. The summed E-state index contributed by atoms with van der Waals surface area (Å²) in [6.45, 7) is 7.50. The molecule has 3 aliphatic rings. The van der Waals surface area contributed by atoms with E-state index >= 15 is 0 Å². The first-order chi connectivity index (χ1) is 8.31. The van der Waals surface area contributed by atoms with E-state index in [9.17, 15) is 4.79 Å². The molecule has 3 fully saturated rings. The molecule has 0 bridgehead atoms. The number of aldehydes is 1. The van der Waals surface area contributed by atoms with Crippen LogP contribution < -0.4 is 0 Å². The van der Waals surface area contributed by atoms with Gasteiger partial charge in [0.1, 0.15) is 18.5 Å². The molecule has 2 aliphatic heterocycles. The number of carbonyl (C=O) groups excluding carboxylic acids is 1. The van der Waals surface area contributed by atoms with Gasteiger partial charge < -0.3 is 23.7 Å². The molecule has 0 radical (unpaired) electrons. The Morgan fingerprint density at radius 2 is 1.44 bits per heavy atom. The van der Waals surface area contributed by atoms with Crippen molar-refractivity contribution < 1.29 is 23.7 Å².